The fourth-order valence-corrected chi connectivity index (χ4v) is 7.84. The van der Waals surface area contributed by atoms with Crippen molar-refractivity contribution in [1.29, 1.82) is 0 Å². The topological polar surface area (TPSA) is 17.8 Å². The SMILES string of the molecule is C[Si](Cn1ccnc1)(c1ccc(-c2ccccc2)cc1)c1ccc(-c2ccccc2)cc1. The lowest BCUT2D eigenvalue weighted by Crippen LogP contribution is -2.58. The van der Waals surface area contributed by atoms with Gasteiger partial charge in [-0.2, -0.15) is 0 Å². The molecule has 0 bridgehead atoms. The van der Waals surface area contributed by atoms with Crippen LogP contribution in [-0.4, -0.2) is 17.6 Å². The van der Waals surface area contributed by atoms with E-state index in [1.807, 2.05) is 12.5 Å². The molecule has 0 saturated heterocycles. The van der Waals surface area contributed by atoms with E-state index in [0.717, 1.165) is 6.17 Å². The first-order valence-electron chi connectivity index (χ1n) is 11.0. The Kier molecular flexibility index (Phi) is 5.57. The summed E-state index contributed by atoms with van der Waals surface area (Å²) in [5, 5.41) is 2.86. The summed E-state index contributed by atoms with van der Waals surface area (Å²) < 4.78 is 2.22. The highest BCUT2D eigenvalue weighted by Crippen LogP contribution is 2.21. The van der Waals surface area contributed by atoms with E-state index < -0.39 is 8.07 Å². The van der Waals surface area contributed by atoms with Gasteiger partial charge in [0.15, 0.2) is 0 Å². The molecular formula is C29H26N2Si. The quantitative estimate of drug-likeness (QED) is 0.318. The van der Waals surface area contributed by atoms with E-state index in [1.54, 1.807) is 0 Å². The van der Waals surface area contributed by atoms with E-state index in [-0.39, 0.29) is 0 Å². The average molecular weight is 431 g/mol. The van der Waals surface area contributed by atoms with Crippen LogP contribution < -0.4 is 10.4 Å². The molecule has 0 fully saturated rings. The summed E-state index contributed by atoms with van der Waals surface area (Å²) in [6, 6.07) is 39.5. The van der Waals surface area contributed by atoms with Crippen molar-refractivity contribution in [3.63, 3.8) is 0 Å². The smallest absolute Gasteiger partial charge is 0.135 e. The molecule has 0 unspecified atom stereocenters. The third-order valence-corrected chi connectivity index (χ3v) is 10.5. The van der Waals surface area contributed by atoms with Gasteiger partial charge in [0.25, 0.3) is 0 Å². The molecule has 2 nitrogen and oxygen atoms in total. The number of rotatable bonds is 6. The molecule has 0 aliphatic carbocycles. The summed E-state index contributed by atoms with van der Waals surface area (Å²) >= 11 is 0. The highest BCUT2D eigenvalue weighted by molar-refractivity contribution is 7.00. The first kappa shape index (κ1) is 20.2. The van der Waals surface area contributed by atoms with E-state index in [4.69, 9.17) is 0 Å². The van der Waals surface area contributed by atoms with Gasteiger partial charge >= 0.3 is 0 Å². The summed E-state index contributed by atoms with van der Waals surface area (Å²) in [6.45, 7) is 2.46. The maximum atomic E-state index is 4.29. The van der Waals surface area contributed by atoms with E-state index in [2.05, 4.69) is 131 Å². The maximum absolute atomic E-state index is 4.29. The van der Waals surface area contributed by atoms with E-state index in [1.165, 1.54) is 32.6 Å². The van der Waals surface area contributed by atoms with Gasteiger partial charge in [-0.15, -0.1) is 0 Å². The van der Waals surface area contributed by atoms with Crippen LogP contribution in [0.1, 0.15) is 0 Å². The molecule has 0 radical (unpaired) electrons. The Bertz CT molecular complexity index is 1180. The van der Waals surface area contributed by atoms with Crippen LogP contribution in [0.5, 0.6) is 0 Å². The molecule has 0 saturated carbocycles. The molecule has 0 aliphatic heterocycles. The summed E-state index contributed by atoms with van der Waals surface area (Å²) in [4.78, 5) is 4.29. The van der Waals surface area contributed by atoms with Gasteiger partial charge < -0.3 is 4.57 Å². The van der Waals surface area contributed by atoms with Crippen molar-refractivity contribution in [3.05, 3.63) is 128 Å². The zero-order chi connectivity index (χ0) is 21.8. The molecule has 0 spiro atoms. The Morgan fingerprint density at radius 2 is 1.03 bits per heavy atom. The molecule has 1 aromatic heterocycles. The molecule has 32 heavy (non-hydrogen) atoms. The van der Waals surface area contributed by atoms with Crippen molar-refractivity contribution in [2.75, 3.05) is 0 Å². The van der Waals surface area contributed by atoms with Crippen LogP contribution in [0.4, 0.5) is 0 Å². The molecule has 0 aliphatic rings. The fraction of sp³-hybridized carbons (Fsp3) is 0.0690. The number of nitrogens with zero attached hydrogens (tertiary/aromatic N) is 2. The van der Waals surface area contributed by atoms with E-state index in [0.29, 0.717) is 0 Å². The van der Waals surface area contributed by atoms with Crippen molar-refractivity contribution < 1.29 is 0 Å². The van der Waals surface area contributed by atoms with E-state index >= 15 is 0 Å². The maximum Gasteiger partial charge on any atom is 0.135 e. The van der Waals surface area contributed by atoms with Crippen LogP contribution >= 0.6 is 0 Å². The minimum absolute atomic E-state index is 0.961. The number of aromatic nitrogens is 2. The van der Waals surface area contributed by atoms with Gasteiger partial charge in [0.1, 0.15) is 8.07 Å². The number of hydrogen-bond donors (Lipinski definition) is 0. The van der Waals surface area contributed by atoms with Gasteiger partial charge in [0, 0.05) is 18.6 Å². The Balaban J connectivity index is 1.53. The van der Waals surface area contributed by atoms with Crippen LogP contribution in [0.2, 0.25) is 6.55 Å². The van der Waals surface area contributed by atoms with Crippen LogP contribution in [0.15, 0.2) is 128 Å². The lowest BCUT2D eigenvalue weighted by Gasteiger charge is -2.29. The predicted molar refractivity (Wildman–Crippen MR) is 137 cm³/mol. The normalized spacial score (nSPS) is 11.4. The molecular weight excluding hydrogens is 404 g/mol. The second kappa shape index (κ2) is 8.81. The monoisotopic (exact) mass is 430 g/mol. The van der Waals surface area contributed by atoms with Crippen LogP contribution in [-0.2, 0) is 6.17 Å². The molecule has 0 atom stereocenters. The number of hydrogen-bond acceptors (Lipinski definition) is 1. The highest BCUT2D eigenvalue weighted by atomic mass is 28.3. The van der Waals surface area contributed by atoms with Gasteiger partial charge in [-0.05, 0) is 22.3 Å². The number of benzene rings is 4. The summed E-state index contributed by atoms with van der Waals surface area (Å²) in [5.74, 6) is 0. The third-order valence-electron chi connectivity index (χ3n) is 6.32. The van der Waals surface area contributed by atoms with Gasteiger partial charge in [-0.25, -0.2) is 4.98 Å². The van der Waals surface area contributed by atoms with Crippen molar-refractivity contribution in [2.45, 2.75) is 12.7 Å². The Morgan fingerprint density at radius 3 is 1.44 bits per heavy atom. The lowest BCUT2D eigenvalue weighted by atomic mass is 10.1. The van der Waals surface area contributed by atoms with Gasteiger partial charge in [0.05, 0.1) is 6.33 Å². The zero-order valence-corrected chi connectivity index (χ0v) is 19.2. The van der Waals surface area contributed by atoms with Gasteiger partial charge in [-0.1, -0.05) is 126 Å². The molecule has 4 aromatic carbocycles. The zero-order valence-electron chi connectivity index (χ0n) is 18.2. The van der Waals surface area contributed by atoms with Crippen LogP contribution in [0, 0.1) is 0 Å². The molecule has 5 aromatic rings. The highest BCUT2D eigenvalue weighted by Gasteiger charge is 2.32. The largest absolute Gasteiger partial charge is 0.340 e. The second-order valence-corrected chi connectivity index (χ2v) is 12.6. The molecule has 3 heteroatoms. The number of imidazole rings is 1. The summed E-state index contributed by atoms with van der Waals surface area (Å²) in [5.41, 5.74) is 5.02. The molecule has 156 valence electrons. The molecule has 1 heterocycles. The molecule has 0 amide bonds. The van der Waals surface area contributed by atoms with Crippen molar-refractivity contribution in [2.24, 2.45) is 0 Å². The summed E-state index contributed by atoms with van der Waals surface area (Å²) in [7, 11) is -2.03. The minimum atomic E-state index is -2.03. The van der Waals surface area contributed by atoms with Crippen molar-refractivity contribution >= 4 is 18.4 Å². The second-order valence-electron chi connectivity index (χ2n) is 8.45. The lowest BCUT2D eigenvalue weighted by molar-refractivity contribution is 0.858. The predicted octanol–water partition coefficient (Wildman–Crippen LogP) is 5.65. The van der Waals surface area contributed by atoms with E-state index in [9.17, 15) is 0 Å². The standard InChI is InChI=1S/C29H26N2Si/c1-32(23-31-21-20-30-22-31,28-16-12-26(13-17-28)24-8-4-2-5-9-24)29-18-14-27(15-19-29)25-10-6-3-7-11-25/h2-22H,23H2,1H3. The Hall–Kier alpha value is -3.69. The first-order valence-corrected chi connectivity index (χ1v) is 13.7. The Labute approximate surface area is 190 Å². The van der Waals surface area contributed by atoms with Crippen LogP contribution in [0.25, 0.3) is 22.3 Å². The van der Waals surface area contributed by atoms with Crippen molar-refractivity contribution in [3.8, 4) is 22.3 Å². The first-order chi connectivity index (χ1) is 15.7. The Morgan fingerprint density at radius 1 is 0.594 bits per heavy atom. The van der Waals surface area contributed by atoms with Crippen molar-refractivity contribution in [1.82, 2.24) is 9.55 Å². The molecule has 5 rings (SSSR count). The van der Waals surface area contributed by atoms with Gasteiger partial charge in [-0.3, -0.25) is 0 Å². The molecule has 0 N–H and O–H groups in total. The van der Waals surface area contributed by atoms with Crippen LogP contribution in [0.3, 0.4) is 0 Å². The fourth-order valence-electron chi connectivity index (χ4n) is 4.42. The van der Waals surface area contributed by atoms with Gasteiger partial charge in [0.2, 0.25) is 0 Å². The average Bonchev–Trinajstić information content (AvgIpc) is 3.38. The third kappa shape index (κ3) is 4.07. The minimum Gasteiger partial charge on any atom is -0.340 e. The summed E-state index contributed by atoms with van der Waals surface area (Å²) in [6.07, 6.45) is 6.83.